The molecule has 4 aromatic rings. The Kier molecular flexibility index (Phi) is 4.90. The summed E-state index contributed by atoms with van der Waals surface area (Å²) in [6.45, 7) is 0. The fourth-order valence-electron chi connectivity index (χ4n) is 5.45. The normalized spacial score (nSPS) is 16.1. The van der Waals surface area contributed by atoms with Crippen molar-refractivity contribution in [1.29, 1.82) is 0 Å². The van der Waals surface area contributed by atoms with Gasteiger partial charge in [-0.3, -0.25) is 9.36 Å². The number of fused-ring (bicyclic) bond motifs is 6. The van der Waals surface area contributed by atoms with Gasteiger partial charge in [0.15, 0.2) is 5.75 Å². The number of hydrogen-bond donors (Lipinski definition) is 1. The van der Waals surface area contributed by atoms with E-state index < -0.39 is 22.3 Å². The molecule has 1 spiro atoms. The minimum absolute atomic E-state index is 0.0393. The molecular formula is C26H19ClFNO4S. The van der Waals surface area contributed by atoms with Crippen LogP contribution >= 0.6 is 23.4 Å². The SMILES string of the molecule is O=c1oc2cc3n(c(=O)c2c(O)c1Sc1ccc(Cl)cc1)-c1ccc(F)cc1C31CCCCC1. The van der Waals surface area contributed by atoms with E-state index in [4.69, 9.17) is 16.0 Å². The lowest BCUT2D eigenvalue weighted by atomic mass is 9.68. The third-order valence-corrected chi connectivity index (χ3v) is 8.28. The van der Waals surface area contributed by atoms with Gasteiger partial charge < -0.3 is 9.52 Å². The molecule has 0 amide bonds. The molecule has 5 nitrogen and oxygen atoms in total. The number of aromatic hydroxyl groups is 1. The molecule has 0 radical (unpaired) electrons. The van der Waals surface area contributed by atoms with Crippen molar-refractivity contribution in [3.63, 3.8) is 0 Å². The van der Waals surface area contributed by atoms with E-state index in [2.05, 4.69) is 0 Å². The molecule has 0 saturated heterocycles. The van der Waals surface area contributed by atoms with Gasteiger partial charge in [-0.2, -0.15) is 0 Å². The standard InChI is InChI=1S/C26H19ClFNO4S/c27-14-4-7-16(8-5-14)34-23-22(30)21-19(33-25(23)32)13-20-26(10-2-1-3-11-26)17-12-15(28)6-9-18(17)29(20)24(21)31/h4-9,12-13,30H,1-3,10-11H2. The first-order valence-corrected chi connectivity index (χ1v) is 12.3. The van der Waals surface area contributed by atoms with Gasteiger partial charge in [0.1, 0.15) is 21.7 Å². The third kappa shape index (κ3) is 3.07. The summed E-state index contributed by atoms with van der Waals surface area (Å²) >= 11 is 6.94. The minimum atomic E-state index is -0.728. The summed E-state index contributed by atoms with van der Waals surface area (Å²) in [5.41, 5.74) is 0.382. The van der Waals surface area contributed by atoms with Gasteiger partial charge in [0.2, 0.25) is 0 Å². The van der Waals surface area contributed by atoms with Crippen LogP contribution in [0.15, 0.2) is 72.3 Å². The third-order valence-electron chi connectivity index (χ3n) is 6.96. The Bertz CT molecular complexity index is 1590. The van der Waals surface area contributed by atoms with Crippen LogP contribution < -0.4 is 11.2 Å². The van der Waals surface area contributed by atoms with Crippen LogP contribution in [0.2, 0.25) is 5.02 Å². The highest BCUT2D eigenvalue weighted by atomic mass is 35.5. The van der Waals surface area contributed by atoms with E-state index in [0.717, 1.165) is 49.4 Å². The molecule has 172 valence electrons. The van der Waals surface area contributed by atoms with E-state index in [9.17, 15) is 19.1 Å². The van der Waals surface area contributed by atoms with Crippen LogP contribution in [0.1, 0.15) is 43.4 Å². The molecule has 0 bridgehead atoms. The monoisotopic (exact) mass is 495 g/mol. The summed E-state index contributed by atoms with van der Waals surface area (Å²) in [6, 6.07) is 12.9. The van der Waals surface area contributed by atoms with Gasteiger partial charge in [0, 0.05) is 27.1 Å². The Morgan fingerprint density at radius 3 is 2.50 bits per heavy atom. The lowest BCUT2D eigenvalue weighted by Gasteiger charge is -2.34. The molecule has 6 rings (SSSR count). The summed E-state index contributed by atoms with van der Waals surface area (Å²) in [5.74, 6) is -0.773. The average Bonchev–Trinajstić information content (AvgIpc) is 3.07. The van der Waals surface area contributed by atoms with E-state index in [1.165, 1.54) is 12.1 Å². The van der Waals surface area contributed by atoms with Gasteiger partial charge in [-0.25, -0.2) is 9.18 Å². The first kappa shape index (κ1) is 21.5. The van der Waals surface area contributed by atoms with Crippen LogP contribution in [0.4, 0.5) is 4.39 Å². The van der Waals surface area contributed by atoms with Crippen molar-refractivity contribution >= 4 is 34.3 Å². The van der Waals surface area contributed by atoms with Crippen molar-refractivity contribution in [2.45, 2.75) is 47.3 Å². The second-order valence-corrected chi connectivity index (χ2v) is 10.4. The molecule has 2 aromatic heterocycles. The number of nitrogens with zero attached hydrogens (tertiary/aromatic N) is 1. The maximum Gasteiger partial charge on any atom is 0.354 e. The second kappa shape index (κ2) is 7.75. The Morgan fingerprint density at radius 2 is 1.76 bits per heavy atom. The molecule has 0 atom stereocenters. The molecule has 0 unspecified atom stereocenters. The number of rotatable bonds is 2. The maximum atomic E-state index is 14.3. The fourth-order valence-corrected chi connectivity index (χ4v) is 6.41. The van der Waals surface area contributed by atoms with Gasteiger partial charge in [-0.05, 0) is 60.9 Å². The van der Waals surface area contributed by atoms with Crippen molar-refractivity contribution in [2.75, 3.05) is 0 Å². The van der Waals surface area contributed by atoms with Crippen LogP contribution in [-0.4, -0.2) is 9.67 Å². The summed E-state index contributed by atoms with van der Waals surface area (Å²) in [4.78, 5) is 27.2. The second-order valence-electron chi connectivity index (χ2n) is 8.84. The first-order chi connectivity index (χ1) is 16.4. The quantitative estimate of drug-likeness (QED) is 0.360. The van der Waals surface area contributed by atoms with Crippen molar-refractivity contribution in [3.05, 3.63) is 91.4 Å². The lowest BCUT2D eigenvalue weighted by Crippen LogP contribution is -2.31. The van der Waals surface area contributed by atoms with Gasteiger partial charge in [0.25, 0.3) is 5.56 Å². The van der Waals surface area contributed by atoms with Crippen molar-refractivity contribution < 1.29 is 13.9 Å². The number of hydrogen-bond acceptors (Lipinski definition) is 5. The van der Waals surface area contributed by atoms with Gasteiger partial charge >= 0.3 is 5.63 Å². The zero-order chi connectivity index (χ0) is 23.6. The van der Waals surface area contributed by atoms with Gasteiger partial charge in [0.05, 0.1) is 5.69 Å². The largest absolute Gasteiger partial charge is 0.505 e. The van der Waals surface area contributed by atoms with E-state index in [1.54, 1.807) is 41.0 Å². The summed E-state index contributed by atoms with van der Waals surface area (Å²) in [5, 5.41) is 11.5. The lowest BCUT2D eigenvalue weighted by molar-refractivity contribution is 0.345. The number of benzene rings is 2. The summed E-state index contributed by atoms with van der Waals surface area (Å²) in [6.07, 6.45) is 4.53. The molecule has 3 heterocycles. The molecule has 8 heteroatoms. The van der Waals surface area contributed by atoms with Crippen molar-refractivity contribution in [2.24, 2.45) is 0 Å². The molecular weight excluding hydrogens is 477 g/mol. The number of halogens is 2. The zero-order valence-corrected chi connectivity index (χ0v) is 19.5. The Balaban J connectivity index is 1.62. The fraction of sp³-hybridized carbons (Fsp3) is 0.231. The highest BCUT2D eigenvalue weighted by Gasteiger charge is 2.45. The number of pyridine rings is 1. The smallest absolute Gasteiger partial charge is 0.354 e. The van der Waals surface area contributed by atoms with Gasteiger partial charge in [-0.1, -0.05) is 42.6 Å². The Morgan fingerprint density at radius 1 is 1.03 bits per heavy atom. The average molecular weight is 496 g/mol. The zero-order valence-electron chi connectivity index (χ0n) is 17.9. The summed E-state index contributed by atoms with van der Waals surface area (Å²) in [7, 11) is 0. The van der Waals surface area contributed by atoms with E-state index in [1.807, 2.05) is 0 Å². The topological polar surface area (TPSA) is 72.4 Å². The molecule has 1 aliphatic heterocycles. The molecule has 1 N–H and O–H groups in total. The van der Waals surface area contributed by atoms with Crippen LogP contribution in [0.25, 0.3) is 16.7 Å². The highest BCUT2D eigenvalue weighted by Crippen LogP contribution is 2.52. The molecule has 34 heavy (non-hydrogen) atoms. The predicted molar refractivity (Wildman–Crippen MR) is 129 cm³/mol. The molecule has 1 aliphatic carbocycles. The van der Waals surface area contributed by atoms with Gasteiger partial charge in [-0.15, -0.1) is 0 Å². The number of aromatic nitrogens is 1. The predicted octanol–water partition coefficient (Wildman–Crippen LogP) is 6.16. The van der Waals surface area contributed by atoms with Crippen molar-refractivity contribution in [3.8, 4) is 11.4 Å². The van der Waals surface area contributed by atoms with Crippen molar-refractivity contribution in [1.82, 2.24) is 4.57 Å². The van der Waals surface area contributed by atoms with E-state index >= 15 is 0 Å². The molecule has 2 aliphatic rings. The van der Waals surface area contributed by atoms with E-state index in [-0.39, 0.29) is 21.7 Å². The van der Waals surface area contributed by atoms with Crippen LogP contribution in [0, 0.1) is 5.82 Å². The van der Waals surface area contributed by atoms with Crippen LogP contribution in [0.3, 0.4) is 0 Å². The highest BCUT2D eigenvalue weighted by molar-refractivity contribution is 7.99. The Hall–Kier alpha value is -3.03. The van der Waals surface area contributed by atoms with Crippen LogP contribution in [0.5, 0.6) is 5.75 Å². The molecule has 1 saturated carbocycles. The Labute approximate surface area is 202 Å². The minimum Gasteiger partial charge on any atom is -0.505 e. The van der Waals surface area contributed by atoms with Crippen LogP contribution in [-0.2, 0) is 5.41 Å². The first-order valence-electron chi connectivity index (χ1n) is 11.1. The molecule has 2 aromatic carbocycles. The molecule has 1 fully saturated rings. The maximum absolute atomic E-state index is 14.3. The summed E-state index contributed by atoms with van der Waals surface area (Å²) < 4.78 is 21.4. The van der Waals surface area contributed by atoms with E-state index in [0.29, 0.717) is 21.3 Å².